The SMILES string of the molecule is CC1CCCN1c1nc2c(cc1C(=O)O)CCCC2. The Morgan fingerprint density at radius 1 is 1.37 bits per heavy atom. The van der Waals surface area contributed by atoms with Crippen molar-refractivity contribution in [2.24, 2.45) is 0 Å². The van der Waals surface area contributed by atoms with Gasteiger partial charge in [0.1, 0.15) is 11.4 Å². The minimum atomic E-state index is -0.852. The number of aromatic nitrogens is 1. The van der Waals surface area contributed by atoms with Crippen LogP contribution in [0, 0.1) is 0 Å². The first-order chi connectivity index (χ1) is 9.16. The zero-order chi connectivity index (χ0) is 13.4. The van der Waals surface area contributed by atoms with Crippen LogP contribution in [0.15, 0.2) is 6.07 Å². The molecule has 0 spiro atoms. The van der Waals surface area contributed by atoms with Gasteiger partial charge in [-0.05, 0) is 57.1 Å². The molecule has 2 aliphatic rings. The Morgan fingerprint density at radius 2 is 2.16 bits per heavy atom. The summed E-state index contributed by atoms with van der Waals surface area (Å²) < 4.78 is 0. The van der Waals surface area contributed by atoms with Gasteiger partial charge in [0.05, 0.1) is 0 Å². The zero-order valence-electron chi connectivity index (χ0n) is 11.4. The Bertz CT molecular complexity index is 513. The van der Waals surface area contributed by atoms with Gasteiger partial charge in [0, 0.05) is 18.3 Å². The average Bonchev–Trinajstić information content (AvgIpc) is 2.83. The maximum atomic E-state index is 11.5. The Kier molecular flexibility index (Phi) is 3.17. The van der Waals surface area contributed by atoms with Crippen LogP contribution in [0.3, 0.4) is 0 Å². The molecule has 4 heteroatoms. The molecule has 1 aliphatic heterocycles. The van der Waals surface area contributed by atoms with Crippen LogP contribution in [0.2, 0.25) is 0 Å². The van der Waals surface area contributed by atoms with Crippen molar-refractivity contribution in [1.29, 1.82) is 0 Å². The number of aromatic carboxylic acids is 1. The lowest BCUT2D eigenvalue weighted by Gasteiger charge is -2.26. The fraction of sp³-hybridized carbons (Fsp3) is 0.600. The number of carboxylic acids is 1. The molecule has 1 aromatic rings. The molecule has 0 amide bonds. The molecule has 1 unspecified atom stereocenters. The first kappa shape index (κ1) is 12.5. The molecule has 0 bridgehead atoms. The summed E-state index contributed by atoms with van der Waals surface area (Å²) in [6, 6.07) is 2.26. The number of pyridine rings is 1. The van der Waals surface area contributed by atoms with E-state index < -0.39 is 5.97 Å². The molecule has 1 aliphatic carbocycles. The summed E-state index contributed by atoms with van der Waals surface area (Å²) in [6.07, 6.45) is 6.52. The van der Waals surface area contributed by atoms with E-state index in [0.717, 1.165) is 49.9 Å². The van der Waals surface area contributed by atoms with E-state index in [1.807, 2.05) is 6.07 Å². The maximum Gasteiger partial charge on any atom is 0.339 e. The molecule has 0 aromatic carbocycles. The fourth-order valence-electron chi connectivity index (χ4n) is 3.25. The number of hydrogen-bond acceptors (Lipinski definition) is 3. The van der Waals surface area contributed by atoms with Gasteiger partial charge in [-0.25, -0.2) is 9.78 Å². The second kappa shape index (κ2) is 4.83. The molecule has 4 nitrogen and oxygen atoms in total. The van der Waals surface area contributed by atoms with Crippen molar-refractivity contribution < 1.29 is 9.90 Å². The summed E-state index contributed by atoms with van der Waals surface area (Å²) in [6.45, 7) is 3.08. The van der Waals surface area contributed by atoms with Crippen LogP contribution >= 0.6 is 0 Å². The van der Waals surface area contributed by atoms with Gasteiger partial charge in [-0.15, -0.1) is 0 Å². The Hall–Kier alpha value is -1.58. The molecular weight excluding hydrogens is 240 g/mol. The van der Waals surface area contributed by atoms with Crippen molar-refractivity contribution in [2.45, 2.75) is 51.5 Å². The van der Waals surface area contributed by atoms with E-state index in [4.69, 9.17) is 4.98 Å². The maximum absolute atomic E-state index is 11.5. The van der Waals surface area contributed by atoms with Gasteiger partial charge >= 0.3 is 5.97 Å². The fourth-order valence-corrected chi connectivity index (χ4v) is 3.25. The lowest BCUT2D eigenvalue weighted by molar-refractivity contribution is 0.0697. The van der Waals surface area contributed by atoms with Gasteiger partial charge in [0.2, 0.25) is 0 Å². The lowest BCUT2D eigenvalue weighted by atomic mass is 9.94. The molecule has 1 N–H and O–H groups in total. The van der Waals surface area contributed by atoms with Gasteiger partial charge in [0.25, 0.3) is 0 Å². The number of carboxylic acid groups (broad SMARTS) is 1. The van der Waals surface area contributed by atoms with Crippen LogP contribution in [0.25, 0.3) is 0 Å². The second-order valence-electron chi connectivity index (χ2n) is 5.66. The number of aryl methyl sites for hydroxylation is 2. The topological polar surface area (TPSA) is 53.4 Å². The highest BCUT2D eigenvalue weighted by molar-refractivity contribution is 5.93. The second-order valence-corrected chi connectivity index (χ2v) is 5.66. The van der Waals surface area contributed by atoms with Crippen LogP contribution in [-0.4, -0.2) is 28.6 Å². The van der Waals surface area contributed by atoms with E-state index in [1.54, 1.807) is 0 Å². The lowest BCUT2D eigenvalue weighted by Crippen LogP contribution is -2.30. The first-order valence-corrected chi connectivity index (χ1v) is 7.19. The highest BCUT2D eigenvalue weighted by atomic mass is 16.4. The zero-order valence-corrected chi connectivity index (χ0v) is 11.4. The molecule has 1 atom stereocenters. The van der Waals surface area contributed by atoms with Crippen molar-refractivity contribution in [2.75, 3.05) is 11.4 Å². The Labute approximate surface area is 113 Å². The molecule has 0 radical (unpaired) electrons. The third kappa shape index (κ3) is 2.20. The number of anilines is 1. The summed E-state index contributed by atoms with van der Waals surface area (Å²) >= 11 is 0. The number of rotatable bonds is 2. The smallest absolute Gasteiger partial charge is 0.339 e. The summed E-state index contributed by atoms with van der Waals surface area (Å²) in [4.78, 5) is 18.4. The molecule has 102 valence electrons. The number of nitrogens with zero attached hydrogens (tertiary/aromatic N) is 2. The predicted molar refractivity (Wildman–Crippen MR) is 73.9 cm³/mol. The van der Waals surface area contributed by atoms with Crippen LogP contribution in [-0.2, 0) is 12.8 Å². The van der Waals surface area contributed by atoms with E-state index in [-0.39, 0.29) is 0 Å². The van der Waals surface area contributed by atoms with Crippen LogP contribution in [0.1, 0.15) is 54.2 Å². The summed E-state index contributed by atoms with van der Waals surface area (Å²) in [5, 5.41) is 9.45. The highest BCUT2D eigenvalue weighted by Gasteiger charge is 2.28. The van der Waals surface area contributed by atoms with Crippen molar-refractivity contribution >= 4 is 11.8 Å². The monoisotopic (exact) mass is 260 g/mol. The van der Waals surface area contributed by atoms with Crippen LogP contribution in [0.4, 0.5) is 5.82 Å². The average molecular weight is 260 g/mol. The Balaban J connectivity index is 2.08. The van der Waals surface area contributed by atoms with E-state index >= 15 is 0 Å². The van der Waals surface area contributed by atoms with Gasteiger partial charge in [-0.3, -0.25) is 0 Å². The summed E-state index contributed by atoms with van der Waals surface area (Å²) in [5.41, 5.74) is 2.64. The van der Waals surface area contributed by atoms with E-state index in [9.17, 15) is 9.90 Å². The van der Waals surface area contributed by atoms with Gasteiger partial charge < -0.3 is 10.0 Å². The summed E-state index contributed by atoms with van der Waals surface area (Å²) in [5.74, 6) is -0.159. The van der Waals surface area contributed by atoms with Gasteiger partial charge in [-0.2, -0.15) is 0 Å². The third-order valence-corrected chi connectivity index (χ3v) is 4.34. The van der Waals surface area contributed by atoms with Gasteiger partial charge in [0.15, 0.2) is 0 Å². The van der Waals surface area contributed by atoms with Crippen LogP contribution in [0.5, 0.6) is 0 Å². The minimum absolute atomic E-state index is 0.384. The Morgan fingerprint density at radius 3 is 2.84 bits per heavy atom. The third-order valence-electron chi connectivity index (χ3n) is 4.34. The van der Waals surface area contributed by atoms with Crippen molar-refractivity contribution in [3.63, 3.8) is 0 Å². The van der Waals surface area contributed by atoms with E-state index in [0.29, 0.717) is 17.4 Å². The van der Waals surface area contributed by atoms with Gasteiger partial charge in [-0.1, -0.05) is 0 Å². The summed E-state index contributed by atoms with van der Waals surface area (Å²) in [7, 11) is 0. The van der Waals surface area contributed by atoms with Crippen molar-refractivity contribution in [3.8, 4) is 0 Å². The molecule has 2 heterocycles. The molecule has 1 saturated heterocycles. The number of hydrogen-bond donors (Lipinski definition) is 1. The normalized spacial score (nSPS) is 22.4. The standard InChI is InChI=1S/C15H20N2O2/c1-10-5-4-8-17(10)14-12(15(18)19)9-11-6-2-3-7-13(11)16-14/h9-10H,2-8H2,1H3,(H,18,19). The van der Waals surface area contributed by atoms with Crippen LogP contribution < -0.4 is 4.90 Å². The van der Waals surface area contributed by atoms with E-state index in [2.05, 4.69) is 11.8 Å². The van der Waals surface area contributed by atoms with Crippen molar-refractivity contribution in [3.05, 3.63) is 22.9 Å². The predicted octanol–water partition coefficient (Wildman–Crippen LogP) is 2.65. The largest absolute Gasteiger partial charge is 0.478 e. The quantitative estimate of drug-likeness (QED) is 0.888. The molecule has 3 rings (SSSR count). The number of carbonyl (C=O) groups is 1. The van der Waals surface area contributed by atoms with Crippen molar-refractivity contribution in [1.82, 2.24) is 4.98 Å². The molecule has 1 aromatic heterocycles. The highest BCUT2D eigenvalue weighted by Crippen LogP contribution is 2.31. The molecular formula is C15H20N2O2. The molecule has 19 heavy (non-hydrogen) atoms. The molecule has 0 saturated carbocycles. The number of fused-ring (bicyclic) bond motifs is 1. The first-order valence-electron chi connectivity index (χ1n) is 7.19. The van der Waals surface area contributed by atoms with E-state index in [1.165, 1.54) is 6.42 Å². The molecule has 1 fully saturated rings. The minimum Gasteiger partial charge on any atom is -0.478 e.